The summed E-state index contributed by atoms with van der Waals surface area (Å²) in [6.45, 7) is 13.0. The maximum absolute atomic E-state index is 12.2. The van der Waals surface area contributed by atoms with Crippen LogP contribution in [0.2, 0.25) is 0 Å². The van der Waals surface area contributed by atoms with Crippen LogP contribution in [0.3, 0.4) is 0 Å². The molecule has 0 spiro atoms. The number of hydrogen-bond donors (Lipinski definition) is 1. The molecular weight excluding hydrogens is 270 g/mol. The SMILES string of the molecule is COCC(COC(C)C)(COC(C)C)NC(=O)CC(C)C. The van der Waals surface area contributed by atoms with Crippen molar-refractivity contribution in [3.05, 3.63) is 0 Å². The predicted molar refractivity (Wildman–Crippen MR) is 84.4 cm³/mol. The number of hydrogen-bond acceptors (Lipinski definition) is 4. The molecule has 0 aromatic rings. The van der Waals surface area contributed by atoms with Crippen molar-refractivity contribution in [2.75, 3.05) is 26.9 Å². The Morgan fingerprint density at radius 1 is 0.952 bits per heavy atom. The van der Waals surface area contributed by atoms with E-state index in [1.165, 1.54) is 0 Å². The average Bonchev–Trinajstić information content (AvgIpc) is 2.33. The van der Waals surface area contributed by atoms with Crippen molar-refractivity contribution in [2.24, 2.45) is 5.92 Å². The third kappa shape index (κ3) is 9.82. The van der Waals surface area contributed by atoms with E-state index in [-0.39, 0.29) is 18.1 Å². The van der Waals surface area contributed by atoms with Gasteiger partial charge < -0.3 is 19.5 Å². The molecule has 0 aliphatic rings. The Morgan fingerprint density at radius 3 is 1.76 bits per heavy atom. The smallest absolute Gasteiger partial charge is 0.220 e. The molecule has 0 saturated carbocycles. The average molecular weight is 303 g/mol. The van der Waals surface area contributed by atoms with Crippen LogP contribution in [0.4, 0.5) is 0 Å². The first-order chi connectivity index (χ1) is 9.70. The van der Waals surface area contributed by atoms with Gasteiger partial charge in [-0.3, -0.25) is 4.79 Å². The molecule has 5 nitrogen and oxygen atoms in total. The Labute approximate surface area is 129 Å². The van der Waals surface area contributed by atoms with Crippen LogP contribution >= 0.6 is 0 Å². The fourth-order valence-corrected chi connectivity index (χ4v) is 1.88. The summed E-state index contributed by atoms with van der Waals surface area (Å²) in [5.41, 5.74) is -0.644. The second-order valence-corrected chi connectivity index (χ2v) is 6.58. The summed E-state index contributed by atoms with van der Waals surface area (Å²) >= 11 is 0. The van der Waals surface area contributed by atoms with E-state index in [0.29, 0.717) is 32.2 Å². The minimum Gasteiger partial charge on any atom is -0.382 e. The summed E-state index contributed by atoms with van der Waals surface area (Å²) in [6, 6.07) is 0. The Kier molecular flexibility index (Phi) is 9.83. The molecular formula is C16H33NO4. The monoisotopic (exact) mass is 303 g/mol. The largest absolute Gasteiger partial charge is 0.382 e. The van der Waals surface area contributed by atoms with Crippen LogP contribution in [0, 0.1) is 5.92 Å². The molecule has 0 aliphatic carbocycles. The van der Waals surface area contributed by atoms with Crippen molar-refractivity contribution in [3.63, 3.8) is 0 Å². The van der Waals surface area contributed by atoms with Crippen molar-refractivity contribution in [1.29, 1.82) is 0 Å². The highest BCUT2D eigenvalue weighted by Gasteiger charge is 2.34. The van der Waals surface area contributed by atoms with Crippen molar-refractivity contribution >= 4 is 5.91 Å². The van der Waals surface area contributed by atoms with Crippen LogP contribution in [0.1, 0.15) is 48.0 Å². The van der Waals surface area contributed by atoms with Gasteiger partial charge in [0.05, 0.1) is 32.0 Å². The lowest BCUT2D eigenvalue weighted by Gasteiger charge is -2.35. The highest BCUT2D eigenvalue weighted by Crippen LogP contribution is 2.12. The van der Waals surface area contributed by atoms with E-state index in [9.17, 15) is 4.79 Å². The zero-order chi connectivity index (χ0) is 16.5. The molecule has 0 atom stereocenters. The van der Waals surface area contributed by atoms with Crippen LogP contribution in [0.15, 0.2) is 0 Å². The maximum Gasteiger partial charge on any atom is 0.220 e. The number of ether oxygens (including phenoxy) is 3. The van der Waals surface area contributed by atoms with Gasteiger partial charge in [0.15, 0.2) is 0 Å². The van der Waals surface area contributed by atoms with Gasteiger partial charge in [-0.2, -0.15) is 0 Å². The standard InChI is InChI=1S/C16H33NO4/c1-12(2)8-15(18)17-16(9-19-7,10-20-13(3)4)11-21-14(5)6/h12-14H,8-11H2,1-7H3,(H,17,18). The summed E-state index contributed by atoms with van der Waals surface area (Å²) in [4.78, 5) is 12.2. The Bertz CT molecular complexity index is 278. The summed E-state index contributed by atoms with van der Waals surface area (Å²) in [6.07, 6.45) is 0.652. The van der Waals surface area contributed by atoms with Crippen molar-refractivity contribution < 1.29 is 19.0 Å². The molecule has 0 bridgehead atoms. The number of carbonyl (C=O) groups excluding carboxylic acids is 1. The van der Waals surface area contributed by atoms with Crippen molar-refractivity contribution in [1.82, 2.24) is 5.32 Å². The first-order valence-electron chi connectivity index (χ1n) is 7.74. The van der Waals surface area contributed by atoms with E-state index in [1.807, 2.05) is 41.5 Å². The molecule has 5 heteroatoms. The molecule has 0 heterocycles. The molecule has 0 unspecified atom stereocenters. The molecule has 126 valence electrons. The van der Waals surface area contributed by atoms with E-state index in [0.717, 1.165) is 0 Å². The van der Waals surface area contributed by atoms with Crippen LogP contribution < -0.4 is 5.32 Å². The zero-order valence-electron chi connectivity index (χ0n) is 14.7. The summed E-state index contributed by atoms with van der Waals surface area (Å²) in [5.74, 6) is 0.309. The number of nitrogens with one attached hydrogen (secondary N) is 1. The highest BCUT2D eigenvalue weighted by molar-refractivity contribution is 5.77. The lowest BCUT2D eigenvalue weighted by atomic mass is 10.0. The van der Waals surface area contributed by atoms with Gasteiger partial charge in [0.25, 0.3) is 0 Å². The Hall–Kier alpha value is -0.650. The van der Waals surface area contributed by atoms with Crippen LogP contribution in [-0.4, -0.2) is 50.6 Å². The maximum atomic E-state index is 12.2. The first-order valence-corrected chi connectivity index (χ1v) is 7.74. The van der Waals surface area contributed by atoms with E-state index < -0.39 is 5.54 Å². The summed E-state index contributed by atoms with van der Waals surface area (Å²) in [5, 5.41) is 3.06. The molecule has 0 saturated heterocycles. The van der Waals surface area contributed by atoms with E-state index in [1.54, 1.807) is 7.11 Å². The van der Waals surface area contributed by atoms with Gasteiger partial charge in [-0.05, 0) is 33.6 Å². The molecule has 1 amide bonds. The van der Waals surface area contributed by atoms with Gasteiger partial charge in [-0.15, -0.1) is 0 Å². The molecule has 1 N–H and O–H groups in total. The van der Waals surface area contributed by atoms with Gasteiger partial charge in [0.2, 0.25) is 5.91 Å². The number of rotatable bonds is 11. The topological polar surface area (TPSA) is 56.8 Å². The normalized spacial score (nSPS) is 12.5. The number of amides is 1. The van der Waals surface area contributed by atoms with Crippen molar-refractivity contribution in [3.8, 4) is 0 Å². The van der Waals surface area contributed by atoms with Gasteiger partial charge in [-0.25, -0.2) is 0 Å². The number of methoxy groups -OCH3 is 1. The molecule has 0 aromatic heterocycles. The van der Waals surface area contributed by atoms with Gasteiger partial charge in [0.1, 0.15) is 5.54 Å². The van der Waals surface area contributed by atoms with E-state index >= 15 is 0 Å². The predicted octanol–water partition coefficient (Wildman–Crippen LogP) is 2.38. The Morgan fingerprint density at radius 2 is 1.43 bits per heavy atom. The minimum atomic E-state index is -0.644. The lowest BCUT2D eigenvalue weighted by molar-refractivity contribution is -0.129. The third-order valence-corrected chi connectivity index (χ3v) is 2.80. The first kappa shape index (κ1) is 20.3. The van der Waals surface area contributed by atoms with Crippen LogP contribution in [0.5, 0.6) is 0 Å². The molecule has 21 heavy (non-hydrogen) atoms. The molecule has 0 aromatic carbocycles. The van der Waals surface area contributed by atoms with E-state index in [4.69, 9.17) is 14.2 Å². The second kappa shape index (κ2) is 10.1. The molecule has 0 aliphatic heterocycles. The Balaban J connectivity index is 4.91. The highest BCUT2D eigenvalue weighted by atomic mass is 16.5. The number of carbonyl (C=O) groups is 1. The fraction of sp³-hybridized carbons (Fsp3) is 0.938. The zero-order valence-corrected chi connectivity index (χ0v) is 14.7. The third-order valence-electron chi connectivity index (χ3n) is 2.80. The molecule has 0 radical (unpaired) electrons. The minimum absolute atomic E-state index is 0.00163. The van der Waals surface area contributed by atoms with E-state index in [2.05, 4.69) is 5.32 Å². The second-order valence-electron chi connectivity index (χ2n) is 6.58. The fourth-order valence-electron chi connectivity index (χ4n) is 1.88. The van der Waals surface area contributed by atoms with Crippen molar-refractivity contribution in [2.45, 2.75) is 65.7 Å². The lowest BCUT2D eigenvalue weighted by Crippen LogP contribution is -2.59. The van der Waals surface area contributed by atoms with Gasteiger partial charge in [0, 0.05) is 13.5 Å². The van der Waals surface area contributed by atoms with Gasteiger partial charge in [-0.1, -0.05) is 13.8 Å². The summed E-state index contributed by atoms with van der Waals surface area (Å²) in [7, 11) is 1.62. The van der Waals surface area contributed by atoms with Crippen LogP contribution in [-0.2, 0) is 19.0 Å². The van der Waals surface area contributed by atoms with Crippen LogP contribution in [0.25, 0.3) is 0 Å². The molecule has 0 rings (SSSR count). The quantitative estimate of drug-likeness (QED) is 0.637. The van der Waals surface area contributed by atoms with Gasteiger partial charge >= 0.3 is 0 Å². The molecule has 0 fully saturated rings. The summed E-state index contributed by atoms with van der Waals surface area (Å²) < 4.78 is 16.7.